The monoisotopic (exact) mass is 432 g/mol. The molecule has 2 atom stereocenters. The number of nitrogens with zero attached hydrogens (tertiary/aromatic N) is 4. The Kier molecular flexibility index (Phi) is 9.21. The Balaban J connectivity index is 0.000000239. The van der Waals surface area contributed by atoms with Crippen LogP contribution in [-0.4, -0.2) is 95.9 Å². The van der Waals surface area contributed by atoms with Crippen LogP contribution in [0.4, 0.5) is 0 Å². The Bertz CT molecular complexity index is 824. The number of aromatic carboxylic acids is 2. The lowest BCUT2D eigenvalue weighted by molar-refractivity contribution is -0.523. The fourth-order valence-electron chi connectivity index (χ4n) is 3.48. The Hall–Kier alpha value is -2.90. The van der Waals surface area contributed by atoms with E-state index in [-0.39, 0.29) is 11.1 Å². The zero-order chi connectivity index (χ0) is 24.0. The summed E-state index contributed by atoms with van der Waals surface area (Å²) in [5, 5.41) is 20.9. The number of benzene rings is 1. The van der Waals surface area contributed by atoms with Gasteiger partial charge in [-0.05, 0) is 26.8 Å². The van der Waals surface area contributed by atoms with Gasteiger partial charge in [-0.1, -0.05) is 17.7 Å². The van der Waals surface area contributed by atoms with Crippen molar-refractivity contribution >= 4 is 23.6 Å². The summed E-state index contributed by atoms with van der Waals surface area (Å²) >= 11 is 0. The van der Waals surface area contributed by atoms with E-state index in [1.54, 1.807) is 6.92 Å². The lowest BCUT2D eigenvalue weighted by atomic mass is 10.0. The first-order valence-corrected chi connectivity index (χ1v) is 10.4. The summed E-state index contributed by atoms with van der Waals surface area (Å²) in [6, 6.07) is 5.30. The van der Waals surface area contributed by atoms with Gasteiger partial charge in [0, 0.05) is 25.0 Å². The van der Waals surface area contributed by atoms with Crippen LogP contribution in [-0.2, 0) is 0 Å². The van der Waals surface area contributed by atoms with Crippen molar-refractivity contribution in [3.8, 4) is 0 Å². The van der Waals surface area contributed by atoms with E-state index >= 15 is 0 Å². The molecule has 2 aliphatic heterocycles. The molecule has 8 heteroatoms. The molecule has 0 radical (unpaired) electrons. The molecule has 0 saturated heterocycles. The Morgan fingerprint density at radius 1 is 0.839 bits per heavy atom. The summed E-state index contributed by atoms with van der Waals surface area (Å²) in [7, 11) is 8.55. The fourth-order valence-corrected chi connectivity index (χ4v) is 3.48. The van der Waals surface area contributed by atoms with Crippen LogP contribution in [0.1, 0.15) is 54.0 Å². The van der Waals surface area contributed by atoms with E-state index in [1.807, 2.05) is 0 Å². The van der Waals surface area contributed by atoms with Crippen molar-refractivity contribution in [3.05, 3.63) is 34.9 Å². The molecular formula is C23H36N4O4. The van der Waals surface area contributed by atoms with E-state index in [0.29, 0.717) is 17.6 Å². The number of carbonyl (C=O) groups is 2. The first kappa shape index (κ1) is 26.1. The lowest BCUT2D eigenvalue weighted by Gasteiger charge is -2.11. The maximum absolute atomic E-state index is 10.5. The normalized spacial score (nSPS) is 20.3. The molecule has 1 aromatic carbocycles. The highest BCUT2D eigenvalue weighted by Crippen LogP contribution is 2.10. The largest absolute Gasteiger partial charge is 0.545 e. The van der Waals surface area contributed by atoms with Crippen molar-refractivity contribution in [2.45, 2.75) is 46.7 Å². The Labute approximate surface area is 185 Å². The van der Waals surface area contributed by atoms with E-state index in [2.05, 4.69) is 74.8 Å². The molecule has 0 saturated carbocycles. The summed E-state index contributed by atoms with van der Waals surface area (Å²) in [6.07, 6.45) is 0. The zero-order valence-corrected chi connectivity index (χ0v) is 20.2. The molecule has 0 N–H and O–H groups in total. The maximum Gasteiger partial charge on any atom is 0.243 e. The molecule has 31 heavy (non-hydrogen) atoms. The smallest absolute Gasteiger partial charge is 0.243 e. The molecule has 0 bridgehead atoms. The van der Waals surface area contributed by atoms with Crippen LogP contribution in [0.3, 0.4) is 0 Å². The number of amidine groups is 2. The van der Waals surface area contributed by atoms with Crippen molar-refractivity contribution in [1.82, 2.24) is 9.80 Å². The highest BCUT2D eigenvalue weighted by Gasteiger charge is 2.27. The summed E-state index contributed by atoms with van der Waals surface area (Å²) in [5.74, 6) is -0.271. The van der Waals surface area contributed by atoms with Crippen LogP contribution < -0.4 is 10.2 Å². The first-order valence-electron chi connectivity index (χ1n) is 10.4. The van der Waals surface area contributed by atoms with Gasteiger partial charge < -0.3 is 19.8 Å². The van der Waals surface area contributed by atoms with E-state index in [4.69, 9.17) is 0 Å². The first-order chi connectivity index (χ1) is 14.3. The van der Waals surface area contributed by atoms with Crippen LogP contribution in [0.25, 0.3) is 0 Å². The van der Waals surface area contributed by atoms with Crippen LogP contribution in [0, 0.1) is 6.92 Å². The SMILES string of the molecule is CC1=[N+](C)C(C)CN1C.CC1=[N+](C)C(C)CN1C.Cc1ccc(C(=O)[O-])c(C(=O)[O-])c1. The summed E-state index contributed by atoms with van der Waals surface area (Å²) in [5.41, 5.74) is -0.0465. The van der Waals surface area contributed by atoms with E-state index < -0.39 is 11.9 Å². The number of carboxylic acid groups (broad SMARTS) is 2. The van der Waals surface area contributed by atoms with Crippen molar-refractivity contribution in [2.24, 2.45) is 0 Å². The molecule has 0 aliphatic carbocycles. The van der Waals surface area contributed by atoms with E-state index in [1.165, 1.54) is 43.0 Å². The Morgan fingerprint density at radius 3 is 1.45 bits per heavy atom. The highest BCUT2D eigenvalue weighted by molar-refractivity contribution is 6.00. The second-order valence-corrected chi connectivity index (χ2v) is 8.40. The number of aryl methyl sites for hydroxylation is 1. The molecule has 3 rings (SSSR count). The van der Waals surface area contributed by atoms with Crippen LogP contribution in [0.5, 0.6) is 0 Å². The molecule has 2 heterocycles. The third-order valence-corrected chi connectivity index (χ3v) is 6.14. The predicted molar refractivity (Wildman–Crippen MR) is 118 cm³/mol. The molecule has 0 spiro atoms. The number of hydrogen-bond acceptors (Lipinski definition) is 6. The number of carboxylic acids is 2. The van der Waals surface area contributed by atoms with Crippen molar-refractivity contribution in [1.29, 1.82) is 0 Å². The number of hydrogen-bond donors (Lipinski definition) is 0. The predicted octanol–water partition coefficient (Wildman–Crippen LogP) is -0.516. The topological polar surface area (TPSA) is 92.8 Å². The second kappa shape index (κ2) is 10.9. The van der Waals surface area contributed by atoms with Gasteiger partial charge in [0.05, 0.1) is 40.1 Å². The summed E-state index contributed by atoms with van der Waals surface area (Å²) < 4.78 is 4.61. The standard InChI is InChI=1S/C9H8O4.2C7H15N2/c1-5-2-3-6(8(10)11)7(4-5)9(12)13;2*1-6-5-8(3)7(2)9(6)4/h2-4H,1H3,(H,10,11)(H,12,13);2*6H,5H2,1-4H3/q;2*+1/p-2. The van der Waals surface area contributed by atoms with E-state index in [0.717, 1.165) is 0 Å². The molecule has 1 aromatic rings. The number of likely N-dealkylation sites (N-methyl/N-ethyl adjacent to an activating group) is 4. The van der Waals surface area contributed by atoms with Gasteiger partial charge in [0.2, 0.25) is 11.7 Å². The third kappa shape index (κ3) is 6.80. The zero-order valence-electron chi connectivity index (χ0n) is 20.2. The minimum atomic E-state index is -1.51. The summed E-state index contributed by atoms with van der Waals surface area (Å²) in [6.45, 7) is 12.8. The van der Waals surface area contributed by atoms with Gasteiger partial charge >= 0.3 is 0 Å². The fraction of sp³-hybridized carbons (Fsp3) is 0.565. The quantitative estimate of drug-likeness (QED) is 0.584. The maximum atomic E-state index is 10.5. The molecular weight excluding hydrogens is 396 g/mol. The molecule has 0 fully saturated rings. The van der Waals surface area contributed by atoms with Gasteiger partial charge in [0.1, 0.15) is 25.2 Å². The van der Waals surface area contributed by atoms with Crippen molar-refractivity contribution < 1.29 is 29.0 Å². The van der Waals surface area contributed by atoms with Gasteiger partial charge in [-0.25, -0.2) is 0 Å². The molecule has 8 nitrogen and oxygen atoms in total. The van der Waals surface area contributed by atoms with Crippen LogP contribution >= 0.6 is 0 Å². The minimum Gasteiger partial charge on any atom is -0.545 e. The molecule has 0 aromatic heterocycles. The minimum absolute atomic E-state index is 0.347. The van der Waals surface area contributed by atoms with Crippen LogP contribution in [0.15, 0.2) is 18.2 Å². The Morgan fingerprint density at radius 2 is 1.23 bits per heavy atom. The average molecular weight is 433 g/mol. The molecule has 0 amide bonds. The van der Waals surface area contributed by atoms with Gasteiger partial charge in [-0.3, -0.25) is 19.0 Å². The third-order valence-electron chi connectivity index (χ3n) is 6.14. The van der Waals surface area contributed by atoms with Gasteiger partial charge in [-0.2, -0.15) is 0 Å². The van der Waals surface area contributed by atoms with Crippen molar-refractivity contribution in [3.63, 3.8) is 0 Å². The molecule has 2 aliphatic rings. The van der Waals surface area contributed by atoms with Gasteiger partial charge in [-0.15, -0.1) is 0 Å². The molecule has 2 unspecified atom stereocenters. The van der Waals surface area contributed by atoms with Crippen molar-refractivity contribution in [2.75, 3.05) is 41.3 Å². The molecule has 172 valence electrons. The second-order valence-electron chi connectivity index (χ2n) is 8.40. The average Bonchev–Trinajstić information content (AvgIpc) is 3.05. The number of rotatable bonds is 2. The lowest BCUT2D eigenvalue weighted by Crippen LogP contribution is -2.30. The van der Waals surface area contributed by atoms with E-state index in [9.17, 15) is 19.8 Å². The highest BCUT2D eigenvalue weighted by atomic mass is 16.4. The van der Waals surface area contributed by atoms with Crippen LogP contribution in [0.2, 0.25) is 0 Å². The van der Waals surface area contributed by atoms with Gasteiger partial charge in [0.25, 0.3) is 0 Å². The summed E-state index contributed by atoms with van der Waals surface area (Å²) in [4.78, 5) is 25.5. The number of carbonyl (C=O) groups excluding carboxylic acids is 2. The van der Waals surface area contributed by atoms with Gasteiger partial charge in [0.15, 0.2) is 0 Å².